The quantitative estimate of drug-likeness (QED) is 0.693. The largest absolute Gasteiger partial charge is 0.381 e. The third-order valence-electron chi connectivity index (χ3n) is 5.16. The Morgan fingerprint density at radius 3 is 2.83 bits per heavy atom. The molecule has 0 N–H and O–H groups in total. The number of hydrogen-bond acceptors (Lipinski definition) is 4. The molecule has 23 heavy (non-hydrogen) atoms. The van der Waals surface area contributed by atoms with Crippen molar-refractivity contribution in [3.05, 3.63) is 36.3 Å². The fourth-order valence-corrected chi connectivity index (χ4v) is 4.03. The first-order valence-corrected chi connectivity index (χ1v) is 8.32. The van der Waals surface area contributed by atoms with Crippen molar-refractivity contribution in [1.29, 1.82) is 0 Å². The van der Waals surface area contributed by atoms with Crippen molar-refractivity contribution < 1.29 is 9.47 Å². The minimum atomic E-state index is 0.346. The Labute approximate surface area is 134 Å². The molecule has 3 aromatic rings. The van der Waals surface area contributed by atoms with E-state index in [1.54, 1.807) is 0 Å². The maximum atomic E-state index is 5.86. The van der Waals surface area contributed by atoms with Crippen molar-refractivity contribution in [2.24, 2.45) is 5.92 Å². The van der Waals surface area contributed by atoms with Crippen molar-refractivity contribution in [2.45, 2.75) is 25.5 Å². The zero-order valence-corrected chi connectivity index (χ0v) is 12.9. The van der Waals surface area contributed by atoms with Gasteiger partial charge in [0.25, 0.3) is 0 Å². The first-order chi connectivity index (χ1) is 11.4. The van der Waals surface area contributed by atoms with Crippen LogP contribution >= 0.6 is 0 Å². The van der Waals surface area contributed by atoms with E-state index in [2.05, 4.69) is 27.8 Å². The lowest BCUT2D eigenvalue weighted by atomic mass is 9.91. The van der Waals surface area contributed by atoms with E-state index in [0.29, 0.717) is 18.6 Å². The second kappa shape index (κ2) is 5.28. The van der Waals surface area contributed by atoms with Crippen LogP contribution < -0.4 is 0 Å². The van der Waals surface area contributed by atoms with Crippen LogP contribution in [0.4, 0.5) is 0 Å². The number of fused-ring (bicyclic) bond motifs is 5. The topological polar surface area (TPSA) is 49.2 Å². The van der Waals surface area contributed by atoms with Crippen LogP contribution in [0.25, 0.3) is 21.9 Å². The van der Waals surface area contributed by atoms with E-state index in [-0.39, 0.29) is 0 Å². The summed E-state index contributed by atoms with van der Waals surface area (Å²) in [6, 6.07) is 8.67. The van der Waals surface area contributed by atoms with Gasteiger partial charge in [-0.25, -0.2) is 4.98 Å². The molecule has 0 radical (unpaired) electrons. The Balaban J connectivity index is 1.75. The lowest BCUT2D eigenvalue weighted by Crippen LogP contribution is -2.33. The molecule has 1 fully saturated rings. The van der Waals surface area contributed by atoms with Crippen LogP contribution in [0.3, 0.4) is 0 Å². The third-order valence-corrected chi connectivity index (χ3v) is 5.16. The van der Waals surface area contributed by atoms with Gasteiger partial charge in [0.1, 0.15) is 17.9 Å². The van der Waals surface area contributed by atoms with Crippen LogP contribution in [0.5, 0.6) is 0 Å². The highest BCUT2D eigenvalue weighted by Crippen LogP contribution is 2.36. The minimum absolute atomic E-state index is 0.346. The van der Waals surface area contributed by atoms with Crippen molar-refractivity contribution in [1.82, 2.24) is 14.5 Å². The molecule has 1 saturated heterocycles. The Morgan fingerprint density at radius 1 is 1.04 bits per heavy atom. The zero-order valence-electron chi connectivity index (χ0n) is 12.9. The molecule has 4 heterocycles. The predicted molar refractivity (Wildman–Crippen MR) is 87.3 cm³/mol. The van der Waals surface area contributed by atoms with E-state index in [1.807, 2.05) is 12.3 Å². The molecule has 0 amide bonds. The molecule has 1 unspecified atom stereocenters. The fraction of sp³-hybridized carbons (Fsp3) is 0.444. The Kier molecular flexibility index (Phi) is 3.09. The molecular weight excluding hydrogens is 290 g/mol. The maximum Gasteiger partial charge on any atom is 0.136 e. The summed E-state index contributed by atoms with van der Waals surface area (Å²) in [5.74, 6) is 1.62. The minimum Gasteiger partial charge on any atom is -0.381 e. The van der Waals surface area contributed by atoms with Crippen LogP contribution in [0.15, 0.2) is 30.5 Å². The van der Waals surface area contributed by atoms with Crippen molar-refractivity contribution in [2.75, 3.05) is 19.8 Å². The molecule has 0 saturated carbocycles. The molecule has 2 aliphatic heterocycles. The SMILES string of the molecule is c1ccc2c(c1)ncc1nc3n(c12)C(C1CCOCC1)COC3. The summed E-state index contributed by atoms with van der Waals surface area (Å²) < 4.78 is 13.8. The summed E-state index contributed by atoms with van der Waals surface area (Å²) in [6.45, 7) is 3.05. The Bertz CT molecular complexity index is 867. The summed E-state index contributed by atoms with van der Waals surface area (Å²) in [5, 5.41) is 1.18. The normalized spacial score (nSPS) is 22.5. The number of rotatable bonds is 1. The van der Waals surface area contributed by atoms with E-state index in [1.165, 1.54) is 10.9 Å². The molecule has 118 valence electrons. The van der Waals surface area contributed by atoms with E-state index in [4.69, 9.17) is 14.5 Å². The molecule has 1 aromatic carbocycles. The molecule has 5 rings (SSSR count). The number of para-hydroxylation sites is 1. The second-order valence-corrected chi connectivity index (χ2v) is 6.44. The summed E-state index contributed by atoms with van der Waals surface area (Å²) in [7, 11) is 0. The number of ether oxygens (including phenoxy) is 2. The maximum absolute atomic E-state index is 5.86. The predicted octanol–water partition coefficient (Wildman–Crippen LogP) is 3.08. The molecule has 2 aromatic heterocycles. The Hall–Kier alpha value is -1.98. The summed E-state index contributed by atoms with van der Waals surface area (Å²) in [4.78, 5) is 9.35. The highest BCUT2D eigenvalue weighted by Gasteiger charge is 2.32. The molecule has 2 aliphatic rings. The highest BCUT2D eigenvalue weighted by molar-refractivity contribution is 6.02. The van der Waals surface area contributed by atoms with Gasteiger partial charge in [-0.1, -0.05) is 18.2 Å². The monoisotopic (exact) mass is 309 g/mol. The van der Waals surface area contributed by atoms with E-state index < -0.39 is 0 Å². The molecule has 5 heteroatoms. The number of imidazole rings is 1. The summed E-state index contributed by atoms with van der Waals surface area (Å²) in [6.07, 6.45) is 4.08. The van der Waals surface area contributed by atoms with Gasteiger partial charge >= 0.3 is 0 Å². The molecule has 5 nitrogen and oxygen atoms in total. The highest BCUT2D eigenvalue weighted by atomic mass is 16.5. The van der Waals surface area contributed by atoms with E-state index >= 15 is 0 Å². The molecule has 0 spiro atoms. The van der Waals surface area contributed by atoms with E-state index in [9.17, 15) is 0 Å². The van der Waals surface area contributed by atoms with Crippen LogP contribution in [0, 0.1) is 5.92 Å². The van der Waals surface area contributed by atoms with Gasteiger partial charge in [0.15, 0.2) is 0 Å². The van der Waals surface area contributed by atoms with Gasteiger partial charge in [0.2, 0.25) is 0 Å². The van der Waals surface area contributed by atoms with Crippen molar-refractivity contribution in [3.8, 4) is 0 Å². The number of pyridine rings is 1. The Morgan fingerprint density at radius 2 is 1.91 bits per heavy atom. The van der Waals surface area contributed by atoms with Crippen molar-refractivity contribution >= 4 is 21.9 Å². The van der Waals surface area contributed by atoms with Crippen LogP contribution in [0.1, 0.15) is 24.7 Å². The summed E-state index contributed by atoms with van der Waals surface area (Å²) >= 11 is 0. The zero-order chi connectivity index (χ0) is 15.2. The van der Waals surface area contributed by atoms with Gasteiger partial charge in [-0.3, -0.25) is 4.98 Å². The lowest BCUT2D eigenvalue weighted by Gasteiger charge is -2.35. The van der Waals surface area contributed by atoms with Gasteiger partial charge in [-0.2, -0.15) is 0 Å². The van der Waals surface area contributed by atoms with Gasteiger partial charge in [-0.15, -0.1) is 0 Å². The average molecular weight is 309 g/mol. The fourth-order valence-electron chi connectivity index (χ4n) is 4.03. The molecular formula is C18H19N3O2. The van der Waals surface area contributed by atoms with Gasteiger partial charge in [-0.05, 0) is 24.8 Å². The van der Waals surface area contributed by atoms with Gasteiger partial charge < -0.3 is 14.0 Å². The smallest absolute Gasteiger partial charge is 0.136 e. The molecule has 0 aliphatic carbocycles. The first-order valence-electron chi connectivity index (χ1n) is 8.32. The summed E-state index contributed by atoms with van der Waals surface area (Å²) in [5.41, 5.74) is 3.21. The second-order valence-electron chi connectivity index (χ2n) is 6.44. The van der Waals surface area contributed by atoms with Gasteiger partial charge in [0, 0.05) is 18.6 Å². The first kappa shape index (κ1) is 13.5. The average Bonchev–Trinajstić information content (AvgIpc) is 3.01. The number of benzene rings is 1. The van der Waals surface area contributed by atoms with Crippen LogP contribution in [0.2, 0.25) is 0 Å². The molecule has 0 bridgehead atoms. The third kappa shape index (κ3) is 2.07. The van der Waals surface area contributed by atoms with Crippen LogP contribution in [-0.4, -0.2) is 34.4 Å². The van der Waals surface area contributed by atoms with Crippen LogP contribution in [-0.2, 0) is 16.1 Å². The lowest BCUT2D eigenvalue weighted by molar-refractivity contribution is -0.00320. The standard InChI is InChI=1S/C18H19N3O2/c1-2-4-14-13(3-1)18-15(9-19-14)20-17-11-23-10-16(21(17)18)12-5-7-22-8-6-12/h1-4,9,12,16H,5-8,10-11H2. The number of hydrogen-bond donors (Lipinski definition) is 0. The molecule has 1 atom stereocenters. The number of aromatic nitrogens is 3. The van der Waals surface area contributed by atoms with E-state index in [0.717, 1.165) is 49.5 Å². The van der Waals surface area contributed by atoms with Gasteiger partial charge in [0.05, 0.1) is 29.9 Å². The van der Waals surface area contributed by atoms with Crippen molar-refractivity contribution in [3.63, 3.8) is 0 Å². The number of nitrogens with zero attached hydrogens (tertiary/aromatic N) is 3.